The van der Waals surface area contributed by atoms with Gasteiger partial charge < -0.3 is 25.0 Å². The van der Waals surface area contributed by atoms with Crippen LogP contribution in [0.1, 0.15) is 37.8 Å². The molecule has 1 aliphatic heterocycles. The van der Waals surface area contributed by atoms with Crippen LogP contribution in [0.2, 0.25) is 0 Å². The first-order valence-corrected chi connectivity index (χ1v) is 11.8. The number of hydrogen-bond acceptors (Lipinski definition) is 9. The monoisotopic (exact) mass is 548 g/mol. The SMILES string of the molecule is CO[C@H]1CN(c2nc(-c3ncnn3C)c(C(=O)O)s2)CC[C@H]1NC(=O)c1[nH]c(C)c(Br)c1C#N. The third kappa shape index (κ3) is 4.29. The van der Waals surface area contributed by atoms with Gasteiger partial charge in [-0.05, 0) is 29.3 Å². The number of H-pyrrole nitrogens is 1. The van der Waals surface area contributed by atoms with Crippen LogP contribution in [0.15, 0.2) is 10.8 Å². The molecule has 0 unspecified atom stereocenters. The van der Waals surface area contributed by atoms with Crippen LogP contribution < -0.4 is 10.2 Å². The number of aryl methyl sites for hydroxylation is 2. The molecule has 0 radical (unpaired) electrons. The maximum absolute atomic E-state index is 12.9. The molecule has 0 aliphatic carbocycles. The van der Waals surface area contributed by atoms with E-state index >= 15 is 0 Å². The van der Waals surface area contributed by atoms with Crippen molar-refractivity contribution in [2.75, 3.05) is 25.1 Å². The first-order valence-electron chi connectivity index (χ1n) is 10.2. The highest BCUT2D eigenvalue weighted by Crippen LogP contribution is 2.34. The second-order valence-corrected chi connectivity index (χ2v) is 9.47. The Morgan fingerprint density at radius 1 is 1.47 bits per heavy atom. The van der Waals surface area contributed by atoms with Crippen LogP contribution in [-0.4, -0.2) is 74.1 Å². The lowest BCUT2D eigenvalue weighted by Gasteiger charge is -2.37. The maximum Gasteiger partial charge on any atom is 0.348 e. The summed E-state index contributed by atoms with van der Waals surface area (Å²) in [6.45, 7) is 2.69. The Kier molecular flexibility index (Phi) is 6.69. The number of carboxylic acids is 1. The van der Waals surface area contributed by atoms with Crippen molar-refractivity contribution in [3.63, 3.8) is 0 Å². The number of nitriles is 1. The van der Waals surface area contributed by atoms with Crippen LogP contribution in [0.5, 0.6) is 0 Å². The molecule has 1 aliphatic rings. The Balaban J connectivity index is 1.53. The molecular formula is C20H21BrN8O4S. The van der Waals surface area contributed by atoms with Crippen molar-refractivity contribution in [2.24, 2.45) is 7.05 Å². The van der Waals surface area contributed by atoms with Gasteiger partial charge in [-0.2, -0.15) is 10.4 Å². The minimum atomic E-state index is -1.09. The summed E-state index contributed by atoms with van der Waals surface area (Å²) in [5.74, 6) is -1.11. The summed E-state index contributed by atoms with van der Waals surface area (Å²) >= 11 is 4.39. The molecule has 4 rings (SSSR count). The number of anilines is 1. The number of methoxy groups -OCH3 is 1. The van der Waals surface area contributed by atoms with Gasteiger partial charge in [0, 0.05) is 32.9 Å². The number of rotatable bonds is 6. The molecule has 0 bridgehead atoms. The highest BCUT2D eigenvalue weighted by atomic mass is 79.9. The van der Waals surface area contributed by atoms with Gasteiger partial charge in [0.2, 0.25) is 0 Å². The van der Waals surface area contributed by atoms with Gasteiger partial charge in [-0.15, -0.1) is 0 Å². The largest absolute Gasteiger partial charge is 0.477 e. The fourth-order valence-electron chi connectivity index (χ4n) is 3.86. The van der Waals surface area contributed by atoms with Crippen LogP contribution in [0, 0.1) is 18.3 Å². The summed E-state index contributed by atoms with van der Waals surface area (Å²) in [7, 11) is 3.23. The first-order chi connectivity index (χ1) is 16.2. The topological polar surface area (TPSA) is 162 Å². The van der Waals surface area contributed by atoms with Crippen LogP contribution in [0.4, 0.5) is 5.13 Å². The summed E-state index contributed by atoms with van der Waals surface area (Å²) < 4.78 is 7.69. The molecular weight excluding hydrogens is 528 g/mol. The predicted octanol–water partition coefficient (Wildman–Crippen LogP) is 1.93. The Morgan fingerprint density at radius 2 is 2.24 bits per heavy atom. The zero-order valence-electron chi connectivity index (χ0n) is 18.5. The standard InChI is InChI=1S/C20H21BrN8O4S/c1-9-13(21)10(6-22)14(25-9)18(30)26-11-4-5-29(7-12(11)33-3)20-27-15(16(34-20)19(31)32)17-23-8-24-28(17)2/h8,11-12,25H,4-5,7H2,1-3H3,(H,26,30)(H,31,32)/t11-,12+/m1/s1. The van der Waals surface area contributed by atoms with Crippen molar-refractivity contribution in [1.82, 2.24) is 30.0 Å². The lowest BCUT2D eigenvalue weighted by Crippen LogP contribution is -2.55. The van der Waals surface area contributed by atoms with Crippen molar-refractivity contribution in [2.45, 2.75) is 25.5 Å². The van der Waals surface area contributed by atoms with Crippen LogP contribution in [-0.2, 0) is 11.8 Å². The molecule has 2 atom stereocenters. The molecule has 12 nitrogen and oxygen atoms in total. The van der Waals surface area contributed by atoms with E-state index in [9.17, 15) is 20.0 Å². The Hall–Kier alpha value is -3.28. The second-order valence-electron chi connectivity index (χ2n) is 7.70. The third-order valence-electron chi connectivity index (χ3n) is 5.63. The normalized spacial score (nSPS) is 18.0. The average Bonchev–Trinajstić information content (AvgIpc) is 3.51. The van der Waals surface area contributed by atoms with Crippen LogP contribution in [0.25, 0.3) is 11.5 Å². The minimum Gasteiger partial charge on any atom is -0.477 e. The van der Waals surface area contributed by atoms with E-state index in [4.69, 9.17) is 4.74 Å². The molecule has 0 saturated carbocycles. The maximum atomic E-state index is 12.9. The summed E-state index contributed by atoms with van der Waals surface area (Å²) in [6, 6.07) is 1.74. The number of carbonyl (C=O) groups is 2. The van der Waals surface area contributed by atoms with Crippen LogP contribution >= 0.6 is 27.3 Å². The molecule has 3 aromatic rings. The van der Waals surface area contributed by atoms with Gasteiger partial charge in [-0.25, -0.2) is 19.4 Å². The number of thiazole rings is 1. The average molecular weight is 549 g/mol. The highest BCUT2D eigenvalue weighted by molar-refractivity contribution is 9.10. The Morgan fingerprint density at radius 3 is 2.85 bits per heavy atom. The van der Waals surface area contributed by atoms with E-state index in [0.717, 1.165) is 11.3 Å². The Bertz CT molecular complexity index is 1290. The van der Waals surface area contributed by atoms with Crippen molar-refractivity contribution in [1.29, 1.82) is 5.26 Å². The first kappa shape index (κ1) is 23.9. The number of aromatic carboxylic acids is 1. The number of aromatic amines is 1. The number of piperidine rings is 1. The van der Waals surface area contributed by atoms with Gasteiger partial charge >= 0.3 is 5.97 Å². The quantitative estimate of drug-likeness (QED) is 0.417. The van der Waals surface area contributed by atoms with Gasteiger partial charge in [0.15, 0.2) is 11.0 Å². The van der Waals surface area contributed by atoms with Crippen LogP contribution in [0.3, 0.4) is 0 Å². The number of carboxylic acid groups (broad SMARTS) is 1. The number of ether oxygens (including phenoxy) is 1. The zero-order valence-corrected chi connectivity index (χ0v) is 20.9. The van der Waals surface area contributed by atoms with Crippen molar-refractivity contribution < 1.29 is 19.4 Å². The van der Waals surface area contributed by atoms with E-state index in [1.165, 1.54) is 11.0 Å². The Labute approximate surface area is 206 Å². The van der Waals surface area contributed by atoms with Gasteiger partial charge in [0.25, 0.3) is 5.91 Å². The van der Waals surface area contributed by atoms with Gasteiger partial charge in [-0.3, -0.25) is 4.79 Å². The van der Waals surface area contributed by atoms with E-state index in [2.05, 4.69) is 41.3 Å². The zero-order chi connectivity index (χ0) is 24.6. The molecule has 3 aromatic heterocycles. The number of nitrogens with zero attached hydrogens (tertiary/aromatic N) is 6. The number of amides is 1. The van der Waals surface area contributed by atoms with Gasteiger partial charge in [-0.1, -0.05) is 11.3 Å². The number of nitrogens with one attached hydrogen (secondary N) is 2. The number of halogens is 1. The molecule has 0 spiro atoms. The molecule has 1 saturated heterocycles. The highest BCUT2D eigenvalue weighted by Gasteiger charge is 2.34. The molecule has 0 aromatic carbocycles. The molecule has 34 heavy (non-hydrogen) atoms. The summed E-state index contributed by atoms with van der Waals surface area (Å²) in [4.78, 5) is 38.3. The summed E-state index contributed by atoms with van der Waals surface area (Å²) in [5.41, 5.74) is 1.40. The van der Waals surface area contributed by atoms with Gasteiger partial charge in [0.05, 0.1) is 22.2 Å². The molecule has 14 heteroatoms. The fraction of sp³-hybridized carbons (Fsp3) is 0.400. The number of carbonyl (C=O) groups excluding carboxylic acids is 1. The molecule has 4 heterocycles. The van der Waals surface area contributed by atoms with E-state index in [0.29, 0.717) is 40.6 Å². The van der Waals surface area contributed by atoms with Gasteiger partial charge in [0.1, 0.15) is 28.7 Å². The second kappa shape index (κ2) is 9.53. The minimum absolute atomic E-state index is 0.0761. The van der Waals surface area contributed by atoms with Crippen molar-refractivity contribution in [3.8, 4) is 17.6 Å². The van der Waals surface area contributed by atoms with Crippen molar-refractivity contribution in [3.05, 3.63) is 32.6 Å². The van der Waals surface area contributed by atoms with E-state index < -0.39 is 11.9 Å². The smallest absolute Gasteiger partial charge is 0.348 e. The summed E-state index contributed by atoms with van der Waals surface area (Å²) in [5, 5.41) is 26.6. The molecule has 1 fully saturated rings. The number of hydrogen-bond donors (Lipinski definition) is 3. The third-order valence-corrected chi connectivity index (χ3v) is 7.73. The van der Waals surface area contributed by atoms with Crippen molar-refractivity contribution >= 4 is 44.3 Å². The molecule has 3 N–H and O–H groups in total. The molecule has 178 valence electrons. The number of aromatic nitrogens is 5. The lowest BCUT2D eigenvalue weighted by atomic mass is 10.0. The van der Waals surface area contributed by atoms with E-state index in [-0.39, 0.29) is 34.0 Å². The molecule has 1 amide bonds. The fourth-order valence-corrected chi connectivity index (χ4v) is 5.18. The predicted molar refractivity (Wildman–Crippen MR) is 126 cm³/mol. The summed E-state index contributed by atoms with van der Waals surface area (Å²) in [6.07, 6.45) is 1.50. The lowest BCUT2D eigenvalue weighted by molar-refractivity contribution is 0.0540. The van der Waals surface area contributed by atoms with E-state index in [1.54, 1.807) is 21.1 Å². The van der Waals surface area contributed by atoms with E-state index in [1.807, 2.05) is 11.0 Å².